The molecule has 232 valence electrons. The second kappa shape index (κ2) is 12.3. The summed E-state index contributed by atoms with van der Waals surface area (Å²) in [6.07, 6.45) is 14.2. The van der Waals surface area contributed by atoms with Crippen LogP contribution in [0.2, 0.25) is 0 Å². The number of hydrogen-bond donors (Lipinski definition) is 1. The summed E-state index contributed by atoms with van der Waals surface area (Å²) in [4.78, 5) is 49.4. The molecule has 5 aliphatic rings. The molecule has 1 aliphatic carbocycles. The predicted molar refractivity (Wildman–Crippen MR) is 169 cm³/mol. The van der Waals surface area contributed by atoms with Crippen molar-refractivity contribution in [1.29, 1.82) is 0 Å². The number of nitrogens with zero attached hydrogens (tertiary/aromatic N) is 3. The van der Waals surface area contributed by atoms with Gasteiger partial charge in [-0.05, 0) is 56.4 Å². The Bertz CT molecular complexity index is 1280. The molecule has 1 unspecified atom stereocenters. The Kier molecular flexibility index (Phi) is 8.66. The molecule has 8 nitrogen and oxygen atoms in total. The zero-order chi connectivity index (χ0) is 30.3. The lowest BCUT2D eigenvalue weighted by Crippen LogP contribution is -2.58. The molecule has 0 radical (unpaired) electrons. The van der Waals surface area contributed by atoms with Gasteiger partial charge in [0, 0.05) is 30.1 Å². The van der Waals surface area contributed by atoms with Gasteiger partial charge in [-0.15, -0.1) is 11.8 Å². The highest BCUT2D eigenvalue weighted by Crippen LogP contribution is 2.61. The molecule has 4 heterocycles. The summed E-state index contributed by atoms with van der Waals surface area (Å²) in [5, 5.41) is 10.4. The number of hydrogen-bond acceptors (Lipinski definition) is 6. The fraction of sp³-hybridized carbons (Fsp3) is 0.618. The van der Waals surface area contributed by atoms with Crippen LogP contribution >= 0.6 is 11.8 Å². The summed E-state index contributed by atoms with van der Waals surface area (Å²) in [5.74, 6) is -0.645. The van der Waals surface area contributed by atoms with Gasteiger partial charge in [0.25, 0.3) is 0 Å². The number of aliphatic hydroxyl groups excluding tert-OH is 1. The molecular weight excluding hydrogens is 562 g/mol. The van der Waals surface area contributed by atoms with Crippen molar-refractivity contribution in [3.8, 4) is 5.75 Å². The molecule has 1 aromatic carbocycles. The van der Waals surface area contributed by atoms with Gasteiger partial charge < -0.3 is 24.5 Å². The first-order valence-corrected chi connectivity index (χ1v) is 17.0. The van der Waals surface area contributed by atoms with Crippen LogP contribution in [0.25, 0.3) is 0 Å². The van der Waals surface area contributed by atoms with Gasteiger partial charge in [-0.25, -0.2) is 0 Å². The van der Waals surface area contributed by atoms with Crippen molar-refractivity contribution in [2.24, 2.45) is 17.8 Å². The van der Waals surface area contributed by atoms with Crippen LogP contribution in [0.15, 0.2) is 48.6 Å². The van der Waals surface area contributed by atoms with E-state index < -0.39 is 28.7 Å². The third-order valence-electron chi connectivity index (χ3n) is 9.95. The second-order valence-corrected chi connectivity index (χ2v) is 14.5. The van der Waals surface area contributed by atoms with Crippen molar-refractivity contribution in [3.05, 3.63) is 48.6 Å². The highest BCUT2D eigenvalue weighted by Gasteiger charge is 2.72. The van der Waals surface area contributed by atoms with E-state index in [0.717, 1.165) is 37.1 Å². The van der Waals surface area contributed by atoms with Crippen LogP contribution in [0, 0.1) is 17.8 Å². The number of likely N-dealkylation sites (tertiary alicyclic amines) is 1. The SMILES string of the molecule is CCOc1ccc(N2CC=C[C@@H]3S[C@]45C=CCN(C6CCCCC6)C(=O)C4N([C@@H](CO)CC(C)C)C(=O)[C@@H]5[C@@H]3C2=O)cc1. The number of rotatable bonds is 8. The van der Waals surface area contributed by atoms with E-state index in [-0.39, 0.29) is 41.5 Å². The first kappa shape index (κ1) is 30.3. The Balaban J connectivity index is 1.41. The minimum absolute atomic E-state index is 0.0290. The lowest BCUT2D eigenvalue weighted by Gasteiger charge is -2.41. The van der Waals surface area contributed by atoms with E-state index in [0.29, 0.717) is 26.1 Å². The monoisotopic (exact) mass is 607 g/mol. The lowest BCUT2D eigenvalue weighted by molar-refractivity contribution is -0.147. The summed E-state index contributed by atoms with van der Waals surface area (Å²) < 4.78 is 4.73. The molecule has 9 heteroatoms. The van der Waals surface area contributed by atoms with E-state index in [1.54, 1.807) is 21.6 Å². The van der Waals surface area contributed by atoms with Crippen molar-refractivity contribution < 1.29 is 24.2 Å². The number of amides is 3. The van der Waals surface area contributed by atoms with Crippen LogP contribution in [0.4, 0.5) is 5.69 Å². The quantitative estimate of drug-likeness (QED) is 0.440. The van der Waals surface area contributed by atoms with Crippen molar-refractivity contribution >= 4 is 35.2 Å². The number of ether oxygens (including phenoxy) is 1. The fourth-order valence-corrected chi connectivity index (χ4v) is 10.1. The molecule has 3 amide bonds. The summed E-state index contributed by atoms with van der Waals surface area (Å²) in [7, 11) is 0. The van der Waals surface area contributed by atoms with Crippen LogP contribution in [-0.2, 0) is 14.4 Å². The summed E-state index contributed by atoms with van der Waals surface area (Å²) in [6, 6.07) is 6.44. The van der Waals surface area contributed by atoms with Crippen molar-refractivity contribution in [2.75, 3.05) is 31.2 Å². The average molecular weight is 608 g/mol. The molecule has 1 saturated carbocycles. The third-order valence-corrected chi connectivity index (χ3v) is 11.7. The maximum atomic E-state index is 14.7. The zero-order valence-corrected chi connectivity index (χ0v) is 26.4. The van der Waals surface area contributed by atoms with Gasteiger partial charge in [0.15, 0.2) is 0 Å². The largest absolute Gasteiger partial charge is 0.494 e. The van der Waals surface area contributed by atoms with E-state index in [1.165, 1.54) is 6.42 Å². The Morgan fingerprint density at radius 2 is 1.74 bits per heavy atom. The molecule has 3 fully saturated rings. The third kappa shape index (κ3) is 5.20. The topological polar surface area (TPSA) is 90.4 Å². The molecule has 2 saturated heterocycles. The molecule has 4 aliphatic heterocycles. The van der Waals surface area contributed by atoms with Crippen molar-refractivity contribution in [2.45, 2.75) is 87.4 Å². The summed E-state index contributed by atoms with van der Waals surface area (Å²) >= 11 is 1.61. The summed E-state index contributed by atoms with van der Waals surface area (Å²) in [5.41, 5.74) is 0.757. The Morgan fingerprint density at radius 3 is 2.42 bits per heavy atom. The molecule has 6 atom stereocenters. The first-order valence-electron chi connectivity index (χ1n) is 16.1. The van der Waals surface area contributed by atoms with Crippen LogP contribution in [0.5, 0.6) is 5.75 Å². The maximum absolute atomic E-state index is 14.7. The smallest absolute Gasteiger partial charge is 0.247 e. The fourth-order valence-electron chi connectivity index (χ4n) is 8.15. The minimum Gasteiger partial charge on any atom is -0.494 e. The van der Waals surface area contributed by atoms with Crippen molar-refractivity contribution in [3.63, 3.8) is 0 Å². The number of carbonyl (C=O) groups is 3. The molecule has 0 aromatic heterocycles. The lowest BCUT2D eigenvalue weighted by atomic mass is 9.78. The number of aliphatic hydroxyl groups is 1. The van der Waals surface area contributed by atoms with Gasteiger partial charge in [-0.2, -0.15) is 0 Å². The van der Waals surface area contributed by atoms with Gasteiger partial charge in [-0.1, -0.05) is 57.4 Å². The van der Waals surface area contributed by atoms with E-state index in [4.69, 9.17) is 4.74 Å². The molecular formula is C34H45N3O5S. The standard InChI is InChI=1S/C34H45N3O5S/c1-4-42-26-15-13-24(14-16-26)35-18-8-12-27-28(31(35)39)29-32(40)37(25(21-38)20-22(2)3)30-33(41)36(23-10-6-5-7-11-23)19-9-17-34(29,30)43-27/h8-9,12-17,22-23,25,27-30,38H,4-7,10-11,18-21H2,1-3H3/t25-,27+,28-,29+,30?,34+/m1/s1. The number of anilines is 1. The second-order valence-electron chi connectivity index (χ2n) is 13.0. The summed E-state index contributed by atoms with van der Waals surface area (Å²) in [6.45, 7) is 7.36. The molecule has 1 N–H and O–H groups in total. The molecule has 43 heavy (non-hydrogen) atoms. The van der Waals surface area contributed by atoms with Crippen LogP contribution in [-0.4, -0.2) is 87.1 Å². The van der Waals surface area contributed by atoms with Gasteiger partial charge >= 0.3 is 0 Å². The first-order chi connectivity index (χ1) is 20.8. The highest BCUT2D eigenvalue weighted by molar-refractivity contribution is 8.02. The maximum Gasteiger partial charge on any atom is 0.247 e. The van der Waals surface area contributed by atoms with E-state index in [1.807, 2.05) is 42.2 Å². The minimum atomic E-state index is -0.876. The number of carbonyl (C=O) groups excluding carboxylic acids is 3. The molecule has 1 spiro atoms. The van der Waals surface area contributed by atoms with Gasteiger partial charge in [0.2, 0.25) is 17.7 Å². The normalized spacial score (nSPS) is 31.7. The molecule has 1 aromatic rings. The van der Waals surface area contributed by atoms with E-state index >= 15 is 0 Å². The van der Waals surface area contributed by atoms with Crippen LogP contribution in [0.1, 0.15) is 59.3 Å². The molecule has 6 rings (SSSR count). The van der Waals surface area contributed by atoms with E-state index in [9.17, 15) is 19.5 Å². The van der Waals surface area contributed by atoms with Crippen LogP contribution < -0.4 is 9.64 Å². The van der Waals surface area contributed by atoms with E-state index in [2.05, 4.69) is 32.1 Å². The van der Waals surface area contributed by atoms with Gasteiger partial charge in [0.05, 0.1) is 35.8 Å². The number of thioether (sulfide) groups is 1. The predicted octanol–water partition coefficient (Wildman–Crippen LogP) is 4.42. The Hall–Kier alpha value is -2.78. The van der Waals surface area contributed by atoms with Crippen molar-refractivity contribution in [1.82, 2.24) is 9.80 Å². The Labute approximate surface area is 259 Å². The zero-order valence-electron chi connectivity index (χ0n) is 25.6. The van der Waals surface area contributed by atoms with Crippen LogP contribution in [0.3, 0.4) is 0 Å². The number of fused-ring (bicyclic) bond motifs is 2. The molecule has 0 bridgehead atoms. The average Bonchev–Trinajstić information content (AvgIpc) is 3.32. The van der Waals surface area contributed by atoms with Gasteiger partial charge in [-0.3, -0.25) is 14.4 Å². The Morgan fingerprint density at radius 1 is 1.00 bits per heavy atom. The van der Waals surface area contributed by atoms with Gasteiger partial charge in [0.1, 0.15) is 11.8 Å². The number of benzene rings is 1. The highest BCUT2D eigenvalue weighted by atomic mass is 32.2.